The second-order valence-corrected chi connectivity index (χ2v) is 7.41. The molecule has 2 rings (SSSR count). The van der Waals surface area contributed by atoms with Crippen LogP contribution in [-0.4, -0.2) is 47.9 Å². The molecule has 0 radical (unpaired) electrons. The molecule has 162 valence electrons. The number of hydrogen-bond acceptors (Lipinski definition) is 7. The van der Waals surface area contributed by atoms with Crippen molar-refractivity contribution in [3.8, 4) is 0 Å². The third kappa shape index (κ3) is 5.24. The molecule has 2 aromatic heterocycles. The molecule has 0 aliphatic rings. The highest BCUT2D eigenvalue weighted by Gasteiger charge is 2.30. The lowest BCUT2D eigenvalue weighted by Gasteiger charge is -2.07. The Morgan fingerprint density at radius 1 is 1.00 bits per heavy atom. The lowest BCUT2D eigenvalue weighted by atomic mass is 10.1. The summed E-state index contributed by atoms with van der Waals surface area (Å²) in [6.07, 6.45) is 4.76. The molecule has 0 amide bonds. The highest BCUT2D eigenvalue weighted by molar-refractivity contribution is 7.99. The molecule has 2 aromatic rings. The number of ether oxygens (including phenoxy) is 3. The number of esters is 3. The Labute approximate surface area is 180 Å². The van der Waals surface area contributed by atoms with Gasteiger partial charge in [-0.3, -0.25) is 0 Å². The number of carbonyl (C=O) groups excluding carboxylic acids is 3. The van der Waals surface area contributed by atoms with Crippen LogP contribution in [0.5, 0.6) is 0 Å². The normalized spacial score (nSPS) is 11.1. The van der Waals surface area contributed by atoms with E-state index in [0.717, 1.165) is 11.1 Å². The predicted octanol–water partition coefficient (Wildman–Crippen LogP) is 4.12. The third-order valence-corrected chi connectivity index (χ3v) is 5.17. The van der Waals surface area contributed by atoms with Crippen LogP contribution in [0.2, 0.25) is 0 Å². The van der Waals surface area contributed by atoms with Gasteiger partial charge in [0.15, 0.2) is 0 Å². The number of hydrogen-bond donors (Lipinski definition) is 0. The topological polar surface area (TPSA) is 83.3 Å². The fourth-order valence-electron chi connectivity index (χ4n) is 3.12. The maximum absolute atomic E-state index is 12.8. The molecule has 0 fully saturated rings. The van der Waals surface area contributed by atoms with Crippen LogP contribution in [0, 0.1) is 13.8 Å². The van der Waals surface area contributed by atoms with Gasteiger partial charge in [-0.1, -0.05) is 12.1 Å². The number of pyridine rings is 1. The molecule has 8 heteroatoms. The molecular weight excluding hydrogens is 406 g/mol. The van der Waals surface area contributed by atoms with Crippen LogP contribution in [0.25, 0.3) is 5.52 Å². The van der Waals surface area contributed by atoms with Crippen molar-refractivity contribution in [2.24, 2.45) is 0 Å². The van der Waals surface area contributed by atoms with Crippen LogP contribution in [0.3, 0.4) is 0 Å². The van der Waals surface area contributed by atoms with E-state index in [1.165, 1.54) is 17.8 Å². The van der Waals surface area contributed by atoms with Gasteiger partial charge in [-0.05, 0) is 45.7 Å². The van der Waals surface area contributed by atoms with E-state index in [2.05, 4.69) is 0 Å². The van der Waals surface area contributed by atoms with Crippen LogP contribution in [0.15, 0.2) is 29.3 Å². The molecule has 7 nitrogen and oxygen atoms in total. The molecule has 0 bridgehead atoms. The van der Waals surface area contributed by atoms with Gasteiger partial charge in [0.1, 0.15) is 5.69 Å². The summed E-state index contributed by atoms with van der Waals surface area (Å²) in [6.45, 7) is 9.70. The number of aromatic nitrogens is 1. The smallest absolute Gasteiger partial charge is 0.356 e. The average Bonchev–Trinajstić information content (AvgIpc) is 3.00. The fraction of sp³-hybridized carbons (Fsp3) is 0.409. The number of thioether (sulfide) groups is 1. The number of aryl methyl sites for hydroxylation is 2. The highest BCUT2D eigenvalue weighted by atomic mass is 32.2. The Morgan fingerprint density at radius 2 is 1.63 bits per heavy atom. The Balaban J connectivity index is 2.63. The molecule has 30 heavy (non-hydrogen) atoms. The van der Waals surface area contributed by atoms with E-state index in [0.29, 0.717) is 28.3 Å². The zero-order valence-corrected chi connectivity index (χ0v) is 18.8. The number of fused-ring (bicyclic) bond motifs is 1. The first kappa shape index (κ1) is 23.5. The van der Waals surface area contributed by atoms with E-state index in [1.54, 1.807) is 37.4 Å². The molecule has 0 unspecified atom stereocenters. The van der Waals surface area contributed by atoms with Crippen molar-refractivity contribution < 1.29 is 28.6 Å². The molecule has 0 saturated carbocycles. The Hall–Kier alpha value is -2.74. The van der Waals surface area contributed by atoms with Crippen molar-refractivity contribution in [3.05, 3.63) is 46.8 Å². The first-order valence-corrected chi connectivity index (χ1v) is 10.8. The average molecular weight is 434 g/mol. The molecule has 0 N–H and O–H groups in total. The Morgan fingerprint density at radius 3 is 2.27 bits per heavy atom. The summed E-state index contributed by atoms with van der Waals surface area (Å²) in [6, 6.07) is 1.95. The Bertz CT molecular complexity index is 976. The van der Waals surface area contributed by atoms with Gasteiger partial charge in [0.2, 0.25) is 0 Å². The minimum absolute atomic E-state index is 0.207. The molecule has 0 atom stereocenters. The molecule has 0 aliphatic heterocycles. The van der Waals surface area contributed by atoms with Crippen molar-refractivity contribution in [3.63, 3.8) is 0 Å². The van der Waals surface area contributed by atoms with Crippen molar-refractivity contribution in [2.75, 3.05) is 25.6 Å². The minimum atomic E-state index is -0.523. The number of nitrogens with zero attached hydrogens (tertiary/aromatic N) is 1. The molecule has 0 saturated heterocycles. The summed E-state index contributed by atoms with van der Waals surface area (Å²) in [7, 11) is 0. The van der Waals surface area contributed by atoms with Crippen molar-refractivity contribution in [1.82, 2.24) is 4.40 Å². The SMILES string of the molecule is CCOC(=O)/C=C/CSc1c(C(=O)OCC)c2c(C)cc(C)cn2c1C(=O)OCC. The second kappa shape index (κ2) is 10.9. The van der Waals surface area contributed by atoms with Gasteiger partial charge < -0.3 is 18.6 Å². The van der Waals surface area contributed by atoms with E-state index < -0.39 is 17.9 Å². The summed E-state index contributed by atoms with van der Waals surface area (Å²) in [4.78, 5) is 37.7. The summed E-state index contributed by atoms with van der Waals surface area (Å²) >= 11 is 1.27. The van der Waals surface area contributed by atoms with Crippen molar-refractivity contribution in [1.29, 1.82) is 0 Å². The molecule has 0 aliphatic carbocycles. The highest BCUT2D eigenvalue weighted by Crippen LogP contribution is 2.36. The van der Waals surface area contributed by atoms with E-state index in [9.17, 15) is 14.4 Å². The number of rotatable bonds is 9. The van der Waals surface area contributed by atoms with Gasteiger partial charge >= 0.3 is 17.9 Å². The van der Waals surface area contributed by atoms with E-state index >= 15 is 0 Å². The quantitative estimate of drug-likeness (QED) is 0.255. The van der Waals surface area contributed by atoms with Crippen LogP contribution in [0.4, 0.5) is 0 Å². The fourth-order valence-corrected chi connectivity index (χ4v) is 4.13. The summed E-state index contributed by atoms with van der Waals surface area (Å²) in [5.74, 6) is -1.12. The standard InChI is InChI=1S/C22H27NO6S/c1-6-27-16(24)10-9-11-30-20-17(21(25)28-7-2)18-15(5)12-14(4)13-23(18)19(20)22(26)29-8-3/h9-10,12-13H,6-8,11H2,1-5H3/b10-9+. The van der Waals surface area contributed by atoms with Gasteiger partial charge in [-0.25, -0.2) is 14.4 Å². The van der Waals surface area contributed by atoms with Crippen molar-refractivity contribution >= 4 is 35.2 Å². The van der Waals surface area contributed by atoms with Gasteiger partial charge in [0.05, 0.1) is 35.8 Å². The predicted molar refractivity (Wildman–Crippen MR) is 115 cm³/mol. The molecular formula is C22H27NO6S. The lowest BCUT2D eigenvalue weighted by molar-refractivity contribution is -0.137. The Kier molecular flexibility index (Phi) is 8.53. The second-order valence-electron chi connectivity index (χ2n) is 6.38. The van der Waals surface area contributed by atoms with Crippen LogP contribution in [-0.2, 0) is 19.0 Å². The van der Waals surface area contributed by atoms with Gasteiger partial charge in [0.25, 0.3) is 0 Å². The van der Waals surface area contributed by atoms with E-state index in [1.807, 2.05) is 19.9 Å². The molecule has 0 spiro atoms. The third-order valence-electron chi connectivity index (χ3n) is 4.12. The maximum atomic E-state index is 12.8. The van der Waals surface area contributed by atoms with Crippen LogP contribution >= 0.6 is 11.8 Å². The lowest BCUT2D eigenvalue weighted by Crippen LogP contribution is -2.10. The van der Waals surface area contributed by atoms with E-state index in [-0.39, 0.29) is 18.9 Å². The minimum Gasteiger partial charge on any atom is -0.463 e. The molecule has 2 heterocycles. The summed E-state index contributed by atoms with van der Waals surface area (Å²) in [5, 5.41) is 0. The monoisotopic (exact) mass is 433 g/mol. The van der Waals surface area contributed by atoms with Gasteiger partial charge in [-0.2, -0.15) is 0 Å². The zero-order valence-electron chi connectivity index (χ0n) is 17.9. The summed E-state index contributed by atoms with van der Waals surface area (Å²) in [5.41, 5.74) is 2.99. The summed E-state index contributed by atoms with van der Waals surface area (Å²) < 4.78 is 17.1. The van der Waals surface area contributed by atoms with Crippen molar-refractivity contribution in [2.45, 2.75) is 39.5 Å². The maximum Gasteiger partial charge on any atom is 0.356 e. The first-order chi connectivity index (χ1) is 14.3. The number of carbonyl (C=O) groups is 3. The zero-order chi connectivity index (χ0) is 22.3. The van der Waals surface area contributed by atoms with Gasteiger partial charge in [-0.15, -0.1) is 11.8 Å². The van der Waals surface area contributed by atoms with E-state index in [4.69, 9.17) is 14.2 Å². The van der Waals surface area contributed by atoms with Crippen LogP contribution in [0.1, 0.15) is 52.7 Å². The van der Waals surface area contributed by atoms with Crippen LogP contribution < -0.4 is 0 Å². The molecule has 0 aromatic carbocycles. The largest absolute Gasteiger partial charge is 0.463 e. The first-order valence-electron chi connectivity index (χ1n) is 9.81. The van der Waals surface area contributed by atoms with Gasteiger partial charge in [0, 0.05) is 18.0 Å².